The Bertz CT molecular complexity index is 302. The Balaban J connectivity index is 2.50. The van der Waals surface area contributed by atoms with Crippen LogP contribution in [0, 0.1) is 0 Å². The molecule has 2 N–H and O–H groups in total. The lowest BCUT2D eigenvalue weighted by Gasteiger charge is -2.12. The van der Waals surface area contributed by atoms with E-state index in [0.717, 1.165) is 4.47 Å². The molecule has 0 aliphatic carbocycles. The largest absolute Gasteiger partial charge is 0.491 e. The number of hydrogen-bond acceptors (Lipinski definition) is 3. The van der Waals surface area contributed by atoms with Gasteiger partial charge in [0, 0.05) is 16.0 Å². The molecule has 0 aliphatic rings. The summed E-state index contributed by atoms with van der Waals surface area (Å²) in [4.78, 5) is 0. The number of halogens is 2. The summed E-state index contributed by atoms with van der Waals surface area (Å²) in [6.07, 6.45) is -0.521. The molecule has 1 aromatic rings. The number of aliphatic hydroxyl groups is 1. The van der Waals surface area contributed by atoms with Crippen molar-refractivity contribution in [1.29, 1.82) is 0 Å². The predicted octanol–water partition coefficient (Wildman–Crippen LogP) is 2.06. The van der Waals surface area contributed by atoms with Crippen LogP contribution in [0.5, 0.6) is 5.75 Å². The highest BCUT2D eigenvalue weighted by molar-refractivity contribution is 9.10. The van der Waals surface area contributed by atoms with Crippen molar-refractivity contribution in [2.45, 2.75) is 6.10 Å². The maximum Gasteiger partial charge on any atom is 0.122 e. The van der Waals surface area contributed by atoms with Gasteiger partial charge in [-0.25, -0.2) is 0 Å². The average molecular weight is 295 g/mol. The van der Waals surface area contributed by atoms with E-state index < -0.39 is 6.10 Å². The first-order valence-electron chi connectivity index (χ1n) is 4.53. The van der Waals surface area contributed by atoms with E-state index in [2.05, 4.69) is 21.2 Å². The van der Waals surface area contributed by atoms with Crippen LogP contribution in [0.25, 0.3) is 0 Å². The predicted molar refractivity (Wildman–Crippen MR) is 64.6 cm³/mol. The molecule has 84 valence electrons. The third-order valence-electron chi connectivity index (χ3n) is 1.72. The third-order valence-corrected chi connectivity index (χ3v) is 2.39. The standard InChI is InChI=1S/C10H13BrClNO2/c1-13-5-9(14)6-15-10-3-7(11)2-8(12)4-10/h2-4,9,13-14H,5-6H2,1H3. The van der Waals surface area contributed by atoms with Crippen molar-refractivity contribution in [2.24, 2.45) is 0 Å². The Morgan fingerprint density at radius 3 is 2.87 bits per heavy atom. The zero-order valence-corrected chi connectivity index (χ0v) is 10.7. The second-order valence-corrected chi connectivity index (χ2v) is 4.48. The lowest BCUT2D eigenvalue weighted by atomic mass is 10.3. The van der Waals surface area contributed by atoms with E-state index >= 15 is 0 Å². The van der Waals surface area contributed by atoms with Crippen molar-refractivity contribution >= 4 is 27.5 Å². The first-order valence-corrected chi connectivity index (χ1v) is 5.70. The molecular formula is C10H13BrClNO2. The van der Waals surface area contributed by atoms with E-state index in [1.807, 2.05) is 0 Å². The van der Waals surface area contributed by atoms with Gasteiger partial charge in [-0.2, -0.15) is 0 Å². The van der Waals surface area contributed by atoms with Crippen molar-refractivity contribution in [2.75, 3.05) is 20.2 Å². The van der Waals surface area contributed by atoms with Gasteiger partial charge in [0.2, 0.25) is 0 Å². The number of likely N-dealkylation sites (N-methyl/N-ethyl adjacent to an activating group) is 1. The fraction of sp³-hybridized carbons (Fsp3) is 0.400. The zero-order valence-electron chi connectivity index (χ0n) is 8.34. The fourth-order valence-corrected chi connectivity index (χ4v) is 1.93. The molecule has 0 aromatic heterocycles. The monoisotopic (exact) mass is 293 g/mol. The highest BCUT2D eigenvalue weighted by atomic mass is 79.9. The Labute approximate surface area is 103 Å². The molecule has 0 bridgehead atoms. The van der Waals surface area contributed by atoms with Gasteiger partial charge in [-0.15, -0.1) is 0 Å². The minimum Gasteiger partial charge on any atom is -0.491 e. The van der Waals surface area contributed by atoms with Crippen LogP contribution in [-0.4, -0.2) is 31.4 Å². The number of hydrogen-bond donors (Lipinski definition) is 2. The Morgan fingerprint density at radius 1 is 1.53 bits per heavy atom. The van der Waals surface area contributed by atoms with Crippen LogP contribution in [0.3, 0.4) is 0 Å². The summed E-state index contributed by atoms with van der Waals surface area (Å²) in [5.41, 5.74) is 0. The molecule has 0 saturated carbocycles. The van der Waals surface area contributed by atoms with Crippen molar-refractivity contribution in [3.8, 4) is 5.75 Å². The van der Waals surface area contributed by atoms with Crippen molar-refractivity contribution in [1.82, 2.24) is 5.32 Å². The van der Waals surface area contributed by atoms with E-state index in [0.29, 0.717) is 17.3 Å². The molecule has 1 atom stereocenters. The quantitative estimate of drug-likeness (QED) is 0.873. The van der Waals surface area contributed by atoms with E-state index in [4.69, 9.17) is 16.3 Å². The van der Waals surface area contributed by atoms with E-state index in [1.54, 1.807) is 25.2 Å². The highest BCUT2D eigenvalue weighted by Gasteiger charge is 2.04. The van der Waals surface area contributed by atoms with Crippen molar-refractivity contribution < 1.29 is 9.84 Å². The Morgan fingerprint density at radius 2 is 2.27 bits per heavy atom. The van der Waals surface area contributed by atoms with Gasteiger partial charge in [0.15, 0.2) is 0 Å². The van der Waals surface area contributed by atoms with E-state index in [-0.39, 0.29) is 6.61 Å². The first kappa shape index (κ1) is 12.8. The Kier molecular flexibility index (Phi) is 5.39. The van der Waals surface area contributed by atoms with Crippen LogP contribution in [0.4, 0.5) is 0 Å². The van der Waals surface area contributed by atoms with Crippen LogP contribution in [0.1, 0.15) is 0 Å². The van der Waals surface area contributed by atoms with E-state index in [9.17, 15) is 5.11 Å². The molecule has 0 heterocycles. The number of ether oxygens (including phenoxy) is 1. The van der Waals surface area contributed by atoms with Crippen LogP contribution in [-0.2, 0) is 0 Å². The summed E-state index contributed by atoms with van der Waals surface area (Å²) < 4.78 is 6.23. The lowest BCUT2D eigenvalue weighted by Crippen LogP contribution is -2.29. The second kappa shape index (κ2) is 6.33. The number of benzene rings is 1. The van der Waals surface area contributed by atoms with Gasteiger partial charge >= 0.3 is 0 Å². The lowest BCUT2D eigenvalue weighted by molar-refractivity contribution is 0.108. The maximum atomic E-state index is 9.42. The van der Waals surface area contributed by atoms with Crippen LogP contribution in [0.2, 0.25) is 5.02 Å². The fourth-order valence-electron chi connectivity index (χ4n) is 1.10. The molecule has 1 aromatic carbocycles. The minimum absolute atomic E-state index is 0.244. The summed E-state index contributed by atoms with van der Waals surface area (Å²) in [5.74, 6) is 0.643. The van der Waals surface area contributed by atoms with Gasteiger partial charge in [0.25, 0.3) is 0 Å². The van der Waals surface area contributed by atoms with Crippen LogP contribution >= 0.6 is 27.5 Å². The number of rotatable bonds is 5. The SMILES string of the molecule is CNCC(O)COc1cc(Cl)cc(Br)c1. The molecule has 0 aliphatic heterocycles. The topological polar surface area (TPSA) is 41.5 Å². The average Bonchev–Trinajstić information content (AvgIpc) is 2.14. The van der Waals surface area contributed by atoms with Crippen molar-refractivity contribution in [3.05, 3.63) is 27.7 Å². The number of aliphatic hydroxyl groups excluding tert-OH is 1. The summed E-state index contributed by atoms with van der Waals surface area (Å²) in [5, 5.41) is 12.9. The molecule has 0 amide bonds. The maximum absolute atomic E-state index is 9.42. The molecule has 1 rings (SSSR count). The molecule has 0 saturated heterocycles. The molecule has 0 radical (unpaired) electrons. The summed E-state index contributed by atoms with van der Waals surface area (Å²) in [6, 6.07) is 5.29. The third kappa shape index (κ3) is 4.84. The molecular weight excluding hydrogens is 281 g/mol. The van der Waals surface area contributed by atoms with Crippen LogP contribution < -0.4 is 10.1 Å². The zero-order chi connectivity index (χ0) is 11.3. The van der Waals surface area contributed by atoms with Gasteiger partial charge in [-0.1, -0.05) is 27.5 Å². The van der Waals surface area contributed by atoms with Gasteiger partial charge in [0.05, 0.1) is 0 Å². The normalized spacial score (nSPS) is 12.5. The minimum atomic E-state index is -0.521. The molecule has 3 nitrogen and oxygen atoms in total. The summed E-state index contributed by atoms with van der Waals surface area (Å²) in [7, 11) is 1.78. The Hall–Kier alpha value is -0.290. The molecule has 15 heavy (non-hydrogen) atoms. The smallest absolute Gasteiger partial charge is 0.122 e. The van der Waals surface area contributed by atoms with E-state index in [1.165, 1.54) is 0 Å². The first-order chi connectivity index (χ1) is 7.11. The summed E-state index contributed by atoms with van der Waals surface area (Å²) >= 11 is 9.15. The summed E-state index contributed by atoms with van der Waals surface area (Å²) in [6.45, 7) is 0.745. The number of nitrogens with one attached hydrogen (secondary N) is 1. The molecule has 1 unspecified atom stereocenters. The molecule has 5 heteroatoms. The van der Waals surface area contributed by atoms with Gasteiger partial charge in [-0.3, -0.25) is 0 Å². The van der Waals surface area contributed by atoms with Crippen LogP contribution in [0.15, 0.2) is 22.7 Å². The van der Waals surface area contributed by atoms with Crippen molar-refractivity contribution in [3.63, 3.8) is 0 Å². The van der Waals surface area contributed by atoms with Gasteiger partial charge in [-0.05, 0) is 25.2 Å². The second-order valence-electron chi connectivity index (χ2n) is 3.13. The molecule has 0 spiro atoms. The highest BCUT2D eigenvalue weighted by Crippen LogP contribution is 2.24. The molecule has 0 fully saturated rings. The van der Waals surface area contributed by atoms with Gasteiger partial charge in [0.1, 0.15) is 18.5 Å². The van der Waals surface area contributed by atoms with Gasteiger partial charge < -0.3 is 15.2 Å².